The molecule has 19 heavy (non-hydrogen) atoms. The van der Waals surface area contributed by atoms with Crippen molar-refractivity contribution < 1.29 is 19.4 Å². The van der Waals surface area contributed by atoms with Crippen molar-refractivity contribution in [1.82, 2.24) is 5.32 Å². The Balaban J connectivity index is 2.43. The van der Waals surface area contributed by atoms with Crippen LogP contribution in [-0.4, -0.2) is 29.6 Å². The first-order chi connectivity index (χ1) is 9.05. The number of phenolic OH excluding ortho intramolecular Hbond substituents is 1. The Bertz CT molecular complexity index is 583. The highest BCUT2D eigenvalue weighted by Gasteiger charge is 2.22. The monoisotopic (exact) mass is 297 g/mol. The Labute approximate surface area is 119 Å². The summed E-state index contributed by atoms with van der Waals surface area (Å²) < 4.78 is 10.6. The molecular formula is C12H11NO4S2. The van der Waals surface area contributed by atoms with E-state index in [2.05, 4.69) is 5.32 Å². The summed E-state index contributed by atoms with van der Waals surface area (Å²) >= 11 is 6.04. The molecule has 0 radical (unpaired) electrons. The van der Waals surface area contributed by atoms with Crippen LogP contribution in [0.2, 0.25) is 0 Å². The Hall–Kier alpha value is -1.73. The van der Waals surface area contributed by atoms with Crippen LogP contribution in [0.5, 0.6) is 17.2 Å². The van der Waals surface area contributed by atoms with Gasteiger partial charge in [-0.25, -0.2) is 0 Å². The SMILES string of the molecule is COc1cc(O)c(C=C2SC(=S)NC2=O)cc1OC. The number of hydrogen-bond donors (Lipinski definition) is 2. The van der Waals surface area contributed by atoms with Gasteiger partial charge in [0.2, 0.25) is 0 Å². The van der Waals surface area contributed by atoms with E-state index in [1.54, 1.807) is 12.1 Å². The van der Waals surface area contributed by atoms with Gasteiger partial charge in [0.15, 0.2) is 11.5 Å². The zero-order chi connectivity index (χ0) is 14.0. The predicted molar refractivity (Wildman–Crippen MR) is 77.5 cm³/mol. The summed E-state index contributed by atoms with van der Waals surface area (Å²) in [6.45, 7) is 0. The molecule has 0 unspecified atom stereocenters. The highest BCUT2D eigenvalue weighted by molar-refractivity contribution is 8.26. The van der Waals surface area contributed by atoms with E-state index < -0.39 is 0 Å². The maximum atomic E-state index is 11.6. The van der Waals surface area contributed by atoms with Gasteiger partial charge in [-0.3, -0.25) is 4.79 Å². The average molecular weight is 297 g/mol. The molecule has 1 aliphatic rings. The largest absolute Gasteiger partial charge is 0.507 e. The molecule has 100 valence electrons. The minimum absolute atomic E-state index is 0.00336. The zero-order valence-electron chi connectivity index (χ0n) is 10.2. The number of carbonyl (C=O) groups is 1. The lowest BCUT2D eigenvalue weighted by molar-refractivity contribution is -0.115. The minimum Gasteiger partial charge on any atom is -0.507 e. The predicted octanol–water partition coefficient (Wildman–Crippen LogP) is 1.90. The molecule has 0 aliphatic carbocycles. The van der Waals surface area contributed by atoms with Gasteiger partial charge >= 0.3 is 0 Å². The van der Waals surface area contributed by atoms with E-state index in [0.717, 1.165) is 11.8 Å². The quantitative estimate of drug-likeness (QED) is 0.656. The molecule has 1 aromatic carbocycles. The number of thiocarbonyl (C=S) groups is 1. The van der Waals surface area contributed by atoms with Crippen molar-refractivity contribution in [2.75, 3.05) is 14.2 Å². The molecule has 1 aromatic rings. The molecule has 2 rings (SSSR count). The molecule has 0 atom stereocenters. The van der Waals surface area contributed by atoms with E-state index >= 15 is 0 Å². The van der Waals surface area contributed by atoms with E-state index in [4.69, 9.17) is 21.7 Å². The van der Waals surface area contributed by atoms with Crippen LogP contribution in [0.3, 0.4) is 0 Å². The van der Waals surface area contributed by atoms with Gasteiger partial charge in [0.25, 0.3) is 5.91 Å². The first kappa shape index (κ1) is 13.7. The molecular weight excluding hydrogens is 286 g/mol. The van der Waals surface area contributed by atoms with Gasteiger partial charge in [-0.1, -0.05) is 24.0 Å². The number of benzene rings is 1. The summed E-state index contributed by atoms with van der Waals surface area (Å²) in [5, 5.41) is 12.4. The summed E-state index contributed by atoms with van der Waals surface area (Å²) in [6.07, 6.45) is 1.55. The van der Waals surface area contributed by atoms with Gasteiger partial charge in [0.1, 0.15) is 10.1 Å². The van der Waals surface area contributed by atoms with E-state index in [1.165, 1.54) is 20.3 Å². The lowest BCUT2D eigenvalue weighted by Crippen LogP contribution is -2.17. The van der Waals surface area contributed by atoms with Crippen LogP contribution >= 0.6 is 24.0 Å². The average Bonchev–Trinajstić information content (AvgIpc) is 2.69. The third-order valence-electron chi connectivity index (χ3n) is 2.46. The summed E-state index contributed by atoms with van der Waals surface area (Å²) in [5.74, 6) is 0.611. The number of aromatic hydroxyl groups is 1. The Morgan fingerprint density at radius 2 is 1.95 bits per heavy atom. The highest BCUT2D eigenvalue weighted by atomic mass is 32.2. The summed E-state index contributed by atoms with van der Waals surface area (Å²) in [5.41, 5.74) is 0.458. The third kappa shape index (κ3) is 2.82. The third-order valence-corrected chi connectivity index (χ3v) is 3.62. The van der Waals surface area contributed by atoms with Crippen LogP contribution in [0.4, 0.5) is 0 Å². The maximum absolute atomic E-state index is 11.6. The summed E-state index contributed by atoms with van der Waals surface area (Å²) in [7, 11) is 2.98. The van der Waals surface area contributed by atoms with Gasteiger partial charge in [-0.2, -0.15) is 0 Å². The van der Waals surface area contributed by atoms with E-state index in [-0.39, 0.29) is 11.7 Å². The van der Waals surface area contributed by atoms with Crippen LogP contribution in [0.15, 0.2) is 17.0 Å². The molecule has 7 heteroatoms. The molecule has 0 spiro atoms. The number of thioether (sulfide) groups is 1. The van der Waals surface area contributed by atoms with Crippen molar-refractivity contribution in [2.45, 2.75) is 0 Å². The van der Waals surface area contributed by atoms with Crippen LogP contribution in [0.1, 0.15) is 5.56 Å². The van der Waals surface area contributed by atoms with Gasteiger partial charge in [0, 0.05) is 11.6 Å². The van der Waals surface area contributed by atoms with E-state index in [0.29, 0.717) is 26.3 Å². The lowest BCUT2D eigenvalue weighted by atomic mass is 10.1. The van der Waals surface area contributed by atoms with Crippen molar-refractivity contribution in [3.8, 4) is 17.2 Å². The molecule has 2 N–H and O–H groups in total. The van der Waals surface area contributed by atoms with Gasteiger partial charge in [0.05, 0.1) is 19.1 Å². The molecule has 5 nitrogen and oxygen atoms in total. The molecule has 1 amide bonds. The topological polar surface area (TPSA) is 67.8 Å². The van der Waals surface area contributed by atoms with Crippen LogP contribution < -0.4 is 14.8 Å². The fraction of sp³-hybridized carbons (Fsp3) is 0.167. The lowest BCUT2D eigenvalue weighted by Gasteiger charge is -2.09. The number of methoxy groups -OCH3 is 2. The van der Waals surface area contributed by atoms with Gasteiger partial charge in [-0.15, -0.1) is 0 Å². The molecule has 0 aromatic heterocycles. The number of phenols is 1. The number of carbonyl (C=O) groups excluding carboxylic acids is 1. The van der Waals surface area contributed by atoms with Crippen LogP contribution in [0, 0.1) is 0 Å². The molecule has 0 saturated carbocycles. The van der Waals surface area contributed by atoms with Crippen LogP contribution in [-0.2, 0) is 4.79 Å². The second-order valence-electron chi connectivity index (χ2n) is 3.62. The van der Waals surface area contributed by atoms with Gasteiger partial charge in [-0.05, 0) is 12.1 Å². The second-order valence-corrected chi connectivity index (χ2v) is 5.34. The molecule has 1 fully saturated rings. The summed E-state index contributed by atoms with van der Waals surface area (Å²) in [6, 6.07) is 3.03. The first-order valence-corrected chi connectivity index (χ1v) is 6.47. The Morgan fingerprint density at radius 3 is 2.47 bits per heavy atom. The molecule has 1 aliphatic heterocycles. The highest BCUT2D eigenvalue weighted by Crippen LogP contribution is 2.36. The number of rotatable bonds is 3. The number of amides is 1. The first-order valence-electron chi connectivity index (χ1n) is 5.25. The van der Waals surface area contributed by atoms with E-state index in [9.17, 15) is 9.90 Å². The fourth-order valence-corrected chi connectivity index (χ4v) is 2.60. The molecule has 0 bridgehead atoms. The van der Waals surface area contributed by atoms with Gasteiger partial charge < -0.3 is 19.9 Å². The van der Waals surface area contributed by atoms with E-state index in [1.807, 2.05) is 0 Å². The number of nitrogens with one attached hydrogen (secondary N) is 1. The Morgan fingerprint density at radius 1 is 1.32 bits per heavy atom. The summed E-state index contributed by atoms with van der Waals surface area (Å²) in [4.78, 5) is 12.0. The number of hydrogen-bond acceptors (Lipinski definition) is 6. The normalized spacial score (nSPS) is 16.6. The zero-order valence-corrected chi connectivity index (χ0v) is 11.9. The number of ether oxygens (including phenoxy) is 2. The van der Waals surface area contributed by atoms with Crippen molar-refractivity contribution in [3.63, 3.8) is 0 Å². The maximum Gasteiger partial charge on any atom is 0.263 e. The molecule has 1 saturated heterocycles. The van der Waals surface area contributed by atoms with Crippen molar-refractivity contribution in [1.29, 1.82) is 0 Å². The van der Waals surface area contributed by atoms with Crippen molar-refractivity contribution in [3.05, 3.63) is 22.6 Å². The minimum atomic E-state index is -0.274. The van der Waals surface area contributed by atoms with Crippen molar-refractivity contribution in [2.24, 2.45) is 0 Å². The Kier molecular flexibility index (Phi) is 3.96. The fourth-order valence-electron chi connectivity index (χ4n) is 1.56. The second kappa shape index (κ2) is 5.50. The molecule has 1 heterocycles. The standard InChI is InChI=1S/C12H11NO4S2/c1-16-8-3-6(7(14)5-9(8)17-2)4-10-11(15)13-12(18)19-10/h3-5,14H,1-2H3,(H,13,15,18). The van der Waals surface area contributed by atoms with Crippen LogP contribution in [0.25, 0.3) is 6.08 Å². The van der Waals surface area contributed by atoms with Crippen molar-refractivity contribution >= 4 is 40.3 Å². The smallest absolute Gasteiger partial charge is 0.263 e.